The highest BCUT2D eigenvalue weighted by Crippen LogP contribution is 2.30. The summed E-state index contributed by atoms with van der Waals surface area (Å²) < 4.78 is 13.0. The molecule has 1 aromatic carbocycles. The van der Waals surface area contributed by atoms with Crippen LogP contribution in [0.3, 0.4) is 0 Å². The SMILES string of the molecule is C=C/C=C(\C=C/CC1CCC(C)CC1)c1ccc(F)cc1. The van der Waals surface area contributed by atoms with Crippen molar-refractivity contribution in [2.75, 3.05) is 0 Å². The van der Waals surface area contributed by atoms with Crippen LogP contribution in [0.25, 0.3) is 5.57 Å². The molecule has 0 radical (unpaired) electrons. The first-order valence-electron chi connectivity index (χ1n) is 7.94. The molecule has 112 valence electrons. The number of halogens is 1. The highest BCUT2D eigenvalue weighted by Gasteiger charge is 2.16. The van der Waals surface area contributed by atoms with Gasteiger partial charge in [0.1, 0.15) is 5.82 Å². The topological polar surface area (TPSA) is 0 Å². The Balaban J connectivity index is 1.96. The van der Waals surface area contributed by atoms with E-state index in [4.69, 9.17) is 0 Å². The number of rotatable bonds is 5. The molecule has 1 aliphatic rings. The van der Waals surface area contributed by atoms with Crippen LogP contribution >= 0.6 is 0 Å². The normalized spacial score (nSPS) is 23.4. The van der Waals surface area contributed by atoms with E-state index in [1.165, 1.54) is 37.8 Å². The van der Waals surface area contributed by atoms with Crippen molar-refractivity contribution in [2.24, 2.45) is 11.8 Å². The number of allylic oxidation sites excluding steroid dienone is 5. The molecule has 0 aromatic heterocycles. The van der Waals surface area contributed by atoms with Crippen molar-refractivity contribution in [1.82, 2.24) is 0 Å². The minimum atomic E-state index is -0.197. The molecule has 21 heavy (non-hydrogen) atoms. The van der Waals surface area contributed by atoms with Crippen molar-refractivity contribution in [3.63, 3.8) is 0 Å². The van der Waals surface area contributed by atoms with Crippen molar-refractivity contribution in [2.45, 2.75) is 39.0 Å². The van der Waals surface area contributed by atoms with Gasteiger partial charge in [-0.25, -0.2) is 4.39 Å². The van der Waals surface area contributed by atoms with Crippen molar-refractivity contribution in [3.8, 4) is 0 Å². The van der Waals surface area contributed by atoms with Crippen LogP contribution in [0.5, 0.6) is 0 Å². The molecule has 0 aliphatic heterocycles. The van der Waals surface area contributed by atoms with Crippen LogP contribution in [0.15, 0.2) is 55.1 Å². The first kappa shape index (κ1) is 15.8. The lowest BCUT2D eigenvalue weighted by atomic mass is 9.81. The zero-order valence-electron chi connectivity index (χ0n) is 12.9. The second kappa shape index (κ2) is 7.97. The Labute approximate surface area is 128 Å². The zero-order chi connectivity index (χ0) is 15.1. The van der Waals surface area contributed by atoms with Gasteiger partial charge < -0.3 is 0 Å². The number of hydrogen-bond acceptors (Lipinski definition) is 0. The fraction of sp³-hybridized carbons (Fsp3) is 0.400. The Bertz CT molecular complexity index is 499. The third-order valence-electron chi connectivity index (χ3n) is 4.38. The van der Waals surface area contributed by atoms with Gasteiger partial charge in [-0.05, 0) is 54.4 Å². The van der Waals surface area contributed by atoms with Crippen LogP contribution in [-0.2, 0) is 0 Å². The molecule has 1 aromatic rings. The van der Waals surface area contributed by atoms with Crippen LogP contribution in [0, 0.1) is 17.7 Å². The summed E-state index contributed by atoms with van der Waals surface area (Å²) in [4.78, 5) is 0. The molecule has 0 heterocycles. The molecule has 0 atom stereocenters. The van der Waals surface area contributed by atoms with E-state index in [-0.39, 0.29) is 5.82 Å². The van der Waals surface area contributed by atoms with E-state index < -0.39 is 0 Å². The van der Waals surface area contributed by atoms with E-state index in [0.717, 1.165) is 29.4 Å². The predicted molar refractivity (Wildman–Crippen MR) is 89.5 cm³/mol. The maximum Gasteiger partial charge on any atom is 0.123 e. The Hall–Kier alpha value is -1.63. The van der Waals surface area contributed by atoms with E-state index in [1.807, 2.05) is 18.2 Å². The van der Waals surface area contributed by atoms with Crippen LogP contribution in [0.1, 0.15) is 44.6 Å². The Kier molecular flexibility index (Phi) is 5.98. The molecule has 0 amide bonds. The summed E-state index contributed by atoms with van der Waals surface area (Å²) in [7, 11) is 0. The van der Waals surface area contributed by atoms with Crippen molar-refractivity contribution >= 4 is 5.57 Å². The molecule has 0 N–H and O–H groups in total. The summed E-state index contributed by atoms with van der Waals surface area (Å²) in [6, 6.07) is 6.64. The Morgan fingerprint density at radius 3 is 2.48 bits per heavy atom. The first-order valence-corrected chi connectivity index (χ1v) is 7.94. The molecular formula is C20H25F. The third kappa shape index (κ3) is 5.00. The monoisotopic (exact) mass is 284 g/mol. The number of benzene rings is 1. The van der Waals surface area contributed by atoms with Gasteiger partial charge in [-0.2, -0.15) is 0 Å². The summed E-state index contributed by atoms with van der Waals surface area (Å²) in [5.41, 5.74) is 2.12. The lowest BCUT2D eigenvalue weighted by Gasteiger charge is -2.25. The Morgan fingerprint density at radius 1 is 1.19 bits per heavy atom. The van der Waals surface area contributed by atoms with Gasteiger partial charge in [0, 0.05) is 0 Å². The van der Waals surface area contributed by atoms with Crippen LogP contribution in [0.2, 0.25) is 0 Å². The molecule has 0 nitrogen and oxygen atoms in total. The average Bonchev–Trinajstić information content (AvgIpc) is 2.49. The van der Waals surface area contributed by atoms with Crippen LogP contribution in [-0.4, -0.2) is 0 Å². The largest absolute Gasteiger partial charge is 0.207 e. The van der Waals surface area contributed by atoms with E-state index >= 15 is 0 Å². The highest BCUT2D eigenvalue weighted by atomic mass is 19.1. The molecule has 0 unspecified atom stereocenters. The second-order valence-electron chi connectivity index (χ2n) is 6.13. The third-order valence-corrected chi connectivity index (χ3v) is 4.38. The van der Waals surface area contributed by atoms with Crippen LogP contribution < -0.4 is 0 Å². The summed E-state index contributed by atoms with van der Waals surface area (Å²) in [6.45, 7) is 6.12. The molecule has 0 bridgehead atoms. The summed E-state index contributed by atoms with van der Waals surface area (Å²) in [5, 5.41) is 0. The predicted octanol–water partition coefficient (Wildman–Crippen LogP) is 6.17. The van der Waals surface area contributed by atoms with Gasteiger partial charge in [0.15, 0.2) is 0 Å². The lowest BCUT2D eigenvalue weighted by molar-refractivity contribution is 0.292. The maximum absolute atomic E-state index is 13.0. The van der Waals surface area contributed by atoms with Crippen molar-refractivity contribution < 1.29 is 4.39 Å². The van der Waals surface area contributed by atoms with E-state index in [1.54, 1.807) is 6.08 Å². The van der Waals surface area contributed by atoms with Crippen molar-refractivity contribution in [1.29, 1.82) is 0 Å². The van der Waals surface area contributed by atoms with Gasteiger partial charge in [0.05, 0.1) is 0 Å². The summed E-state index contributed by atoms with van der Waals surface area (Å²) in [6.07, 6.45) is 14.7. The zero-order valence-corrected chi connectivity index (χ0v) is 12.9. The van der Waals surface area contributed by atoms with Gasteiger partial charge in [-0.3, -0.25) is 0 Å². The molecule has 1 fully saturated rings. The molecule has 0 spiro atoms. The van der Waals surface area contributed by atoms with E-state index in [0.29, 0.717) is 0 Å². The molecular weight excluding hydrogens is 259 g/mol. The quantitative estimate of drug-likeness (QED) is 0.567. The van der Waals surface area contributed by atoms with Gasteiger partial charge in [0.2, 0.25) is 0 Å². The average molecular weight is 284 g/mol. The smallest absolute Gasteiger partial charge is 0.123 e. The molecule has 1 heteroatoms. The molecule has 0 saturated heterocycles. The summed E-state index contributed by atoms with van der Waals surface area (Å²) >= 11 is 0. The first-order chi connectivity index (χ1) is 10.2. The number of hydrogen-bond donors (Lipinski definition) is 0. The van der Waals surface area contributed by atoms with E-state index in [9.17, 15) is 4.39 Å². The standard InChI is InChI=1S/C20H25F/c1-3-5-18(19-12-14-20(21)15-13-19)7-4-6-17-10-8-16(2)9-11-17/h3-5,7,12-17H,1,6,8-11H2,2H3/b7-4-,18-5+. The lowest BCUT2D eigenvalue weighted by Crippen LogP contribution is -2.11. The van der Waals surface area contributed by atoms with Gasteiger partial charge in [-0.15, -0.1) is 0 Å². The summed E-state index contributed by atoms with van der Waals surface area (Å²) in [5.74, 6) is 1.54. The molecule has 1 aliphatic carbocycles. The van der Waals surface area contributed by atoms with Gasteiger partial charge in [0.25, 0.3) is 0 Å². The molecule has 2 rings (SSSR count). The minimum Gasteiger partial charge on any atom is -0.207 e. The second-order valence-corrected chi connectivity index (χ2v) is 6.13. The fourth-order valence-corrected chi connectivity index (χ4v) is 2.97. The highest BCUT2D eigenvalue weighted by molar-refractivity contribution is 5.75. The van der Waals surface area contributed by atoms with Crippen LogP contribution in [0.4, 0.5) is 4.39 Å². The Morgan fingerprint density at radius 2 is 1.86 bits per heavy atom. The minimum absolute atomic E-state index is 0.197. The molecule has 1 saturated carbocycles. The van der Waals surface area contributed by atoms with Gasteiger partial charge >= 0.3 is 0 Å². The van der Waals surface area contributed by atoms with Crippen molar-refractivity contribution in [3.05, 3.63) is 66.5 Å². The fourth-order valence-electron chi connectivity index (χ4n) is 2.97. The van der Waals surface area contributed by atoms with E-state index in [2.05, 4.69) is 25.7 Å². The van der Waals surface area contributed by atoms with Gasteiger partial charge in [-0.1, -0.05) is 62.8 Å². The maximum atomic E-state index is 13.0.